The molecule has 1 atom stereocenters. The van der Waals surface area contributed by atoms with Gasteiger partial charge in [-0.2, -0.15) is 0 Å². The highest BCUT2D eigenvalue weighted by Gasteiger charge is 2.44. The van der Waals surface area contributed by atoms with Crippen molar-refractivity contribution >= 4 is 27.7 Å². The number of sulfonamides is 1. The van der Waals surface area contributed by atoms with E-state index in [9.17, 15) is 23.1 Å². The number of carbonyl (C=O) groups is 2. The third-order valence-electron chi connectivity index (χ3n) is 3.71. The number of hydrogen-bond donors (Lipinski definition) is 2. The summed E-state index contributed by atoms with van der Waals surface area (Å²) in [7, 11) is -4.26. The second-order valence-corrected chi connectivity index (χ2v) is 7.05. The standard InChI is InChI=1S/C16H14N2O5S/c19-15(20)13(10-11-6-2-1-3-7-11)18-16(21)17-12-8-4-5-9-14(12)24(18,22)23/h1-9,13H,10H2,(H,17,21)(H,19,20). The monoisotopic (exact) mass is 346 g/mol. The maximum Gasteiger partial charge on any atom is 0.336 e. The zero-order valence-electron chi connectivity index (χ0n) is 12.4. The smallest absolute Gasteiger partial charge is 0.336 e. The lowest BCUT2D eigenvalue weighted by Crippen LogP contribution is -2.53. The molecule has 1 unspecified atom stereocenters. The van der Waals surface area contributed by atoms with E-state index in [4.69, 9.17) is 0 Å². The van der Waals surface area contributed by atoms with Gasteiger partial charge < -0.3 is 10.4 Å². The molecule has 2 amide bonds. The number of benzene rings is 2. The van der Waals surface area contributed by atoms with Crippen molar-refractivity contribution in [2.45, 2.75) is 17.4 Å². The predicted octanol–water partition coefficient (Wildman–Crippen LogP) is 1.92. The molecule has 8 heteroatoms. The van der Waals surface area contributed by atoms with E-state index in [1.807, 2.05) is 0 Å². The van der Waals surface area contributed by atoms with E-state index in [0.29, 0.717) is 9.87 Å². The van der Waals surface area contributed by atoms with Crippen LogP contribution in [0, 0.1) is 0 Å². The van der Waals surface area contributed by atoms with E-state index in [0.717, 1.165) is 0 Å². The van der Waals surface area contributed by atoms with Crippen LogP contribution in [0.3, 0.4) is 0 Å². The third kappa shape index (κ3) is 2.71. The molecule has 2 aromatic carbocycles. The first-order chi connectivity index (χ1) is 11.4. The fraction of sp³-hybridized carbons (Fsp3) is 0.125. The Morgan fingerprint density at radius 1 is 1.08 bits per heavy atom. The molecule has 0 saturated carbocycles. The van der Waals surface area contributed by atoms with Gasteiger partial charge in [0.25, 0.3) is 10.0 Å². The van der Waals surface area contributed by atoms with Gasteiger partial charge in [-0.1, -0.05) is 42.5 Å². The Morgan fingerprint density at radius 3 is 2.38 bits per heavy atom. The highest BCUT2D eigenvalue weighted by Crippen LogP contribution is 2.31. The summed E-state index contributed by atoms with van der Waals surface area (Å²) in [5.74, 6) is -1.39. The number of hydrogen-bond acceptors (Lipinski definition) is 4. The van der Waals surface area contributed by atoms with E-state index in [2.05, 4.69) is 5.32 Å². The molecule has 0 fully saturated rings. The van der Waals surface area contributed by atoms with Crippen LogP contribution in [0.15, 0.2) is 59.5 Å². The molecule has 0 saturated heterocycles. The summed E-state index contributed by atoms with van der Waals surface area (Å²) in [5, 5.41) is 11.9. The first kappa shape index (κ1) is 16.0. The maximum absolute atomic E-state index is 12.8. The summed E-state index contributed by atoms with van der Waals surface area (Å²) in [6, 6.07) is 11.9. The Kier molecular flexibility index (Phi) is 3.98. The molecule has 0 aromatic heterocycles. The summed E-state index contributed by atoms with van der Waals surface area (Å²) in [4.78, 5) is 23.8. The molecule has 3 rings (SSSR count). The van der Waals surface area contributed by atoms with Gasteiger partial charge in [-0.3, -0.25) is 0 Å². The van der Waals surface area contributed by atoms with Gasteiger partial charge in [-0.25, -0.2) is 22.3 Å². The summed E-state index contributed by atoms with van der Waals surface area (Å²) in [6.07, 6.45) is -0.120. The quantitative estimate of drug-likeness (QED) is 0.880. The minimum Gasteiger partial charge on any atom is -0.480 e. The molecule has 0 bridgehead atoms. The fourth-order valence-electron chi connectivity index (χ4n) is 2.60. The van der Waals surface area contributed by atoms with Crippen LogP contribution in [0.5, 0.6) is 0 Å². The zero-order valence-corrected chi connectivity index (χ0v) is 13.2. The molecule has 124 valence electrons. The molecule has 2 aromatic rings. The number of amides is 2. The van der Waals surface area contributed by atoms with Gasteiger partial charge in [0.2, 0.25) is 0 Å². The van der Waals surface area contributed by atoms with Gasteiger partial charge in [0, 0.05) is 6.42 Å². The highest BCUT2D eigenvalue weighted by molar-refractivity contribution is 7.90. The van der Waals surface area contributed by atoms with E-state index < -0.39 is 28.1 Å². The van der Waals surface area contributed by atoms with Crippen LogP contribution < -0.4 is 5.32 Å². The van der Waals surface area contributed by atoms with Crippen molar-refractivity contribution in [1.82, 2.24) is 4.31 Å². The molecular weight excluding hydrogens is 332 g/mol. The van der Waals surface area contributed by atoms with Gasteiger partial charge >= 0.3 is 12.0 Å². The van der Waals surface area contributed by atoms with Crippen LogP contribution in [0.25, 0.3) is 0 Å². The first-order valence-electron chi connectivity index (χ1n) is 7.12. The molecule has 1 aliphatic heterocycles. The lowest BCUT2D eigenvalue weighted by molar-refractivity contribution is -0.140. The van der Waals surface area contributed by atoms with Crippen molar-refractivity contribution in [3.63, 3.8) is 0 Å². The Hall–Kier alpha value is -2.87. The Bertz CT molecular complexity index is 896. The summed E-state index contributed by atoms with van der Waals surface area (Å²) in [6.45, 7) is 0. The SMILES string of the molecule is O=C(O)C(Cc1ccccc1)N1C(=O)Nc2ccccc2S1(=O)=O. The molecule has 24 heavy (non-hydrogen) atoms. The molecule has 1 aliphatic rings. The number of carboxylic acid groups (broad SMARTS) is 1. The molecule has 7 nitrogen and oxygen atoms in total. The van der Waals surface area contributed by atoms with Crippen molar-refractivity contribution in [2.24, 2.45) is 0 Å². The number of anilines is 1. The minimum absolute atomic E-state index is 0.120. The van der Waals surface area contributed by atoms with Crippen LogP contribution in [0.1, 0.15) is 5.56 Å². The van der Waals surface area contributed by atoms with Crippen LogP contribution in [-0.2, 0) is 21.2 Å². The number of aliphatic carboxylic acids is 1. The Morgan fingerprint density at radius 2 is 1.71 bits per heavy atom. The van der Waals surface area contributed by atoms with E-state index in [1.54, 1.807) is 36.4 Å². The van der Waals surface area contributed by atoms with Crippen molar-refractivity contribution in [1.29, 1.82) is 0 Å². The number of para-hydroxylation sites is 1. The Balaban J connectivity index is 2.05. The van der Waals surface area contributed by atoms with Crippen LogP contribution in [0.2, 0.25) is 0 Å². The normalized spacial score (nSPS) is 16.8. The van der Waals surface area contributed by atoms with Crippen molar-refractivity contribution in [3.05, 3.63) is 60.2 Å². The van der Waals surface area contributed by atoms with E-state index in [1.165, 1.54) is 18.2 Å². The number of carboxylic acids is 1. The second kappa shape index (κ2) is 5.97. The van der Waals surface area contributed by atoms with E-state index >= 15 is 0 Å². The zero-order chi connectivity index (χ0) is 17.3. The van der Waals surface area contributed by atoms with Crippen molar-refractivity contribution in [2.75, 3.05) is 5.32 Å². The number of carbonyl (C=O) groups excluding carboxylic acids is 1. The van der Waals surface area contributed by atoms with Crippen LogP contribution in [-0.4, -0.2) is 35.9 Å². The molecule has 2 N–H and O–H groups in total. The number of rotatable bonds is 4. The van der Waals surface area contributed by atoms with Crippen molar-refractivity contribution < 1.29 is 23.1 Å². The molecule has 0 spiro atoms. The van der Waals surface area contributed by atoms with Crippen LogP contribution in [0.4, 0.5) is 10.5 Å². The van der Waals surface area contributed by atoms with Gasteiger partial charge in [-0.15, -0.1) is 0 Å². The lowest BCUT2D eigenvalue weighted by atomic mass is 10.1. The van der Waals surface area contributed by atoms with E-state index in [-0.39, 0.29) is 17.0 Å². The number of nitrogens with zero attached hydrogens (tertiary/aromatic N) is 1. The molecular formula is C16H14N2O5S. The predicted molar refractivity (Wildman–Crippen MR) is 86.1 cm³/mol. The topological polar surface area (TPSA) is 104 Å². The average Bonchev–Trinajstić information content (AvgIpc) is 2.54. The fourth-order valence-corrected chi connectivity index (χ4v) is 4.22. The van der Waals surface area contributed by atoms with Gasteiger partial charge in [-0.05, 0) is 17.7 Å². The molecule has 0 aliphatic carbocycles. The first-order valence-corrected chi connectivity index (χ1v) is 8.56. The third-order valence-corrected chi connectivity index (χ3v) is 5.56. The molecule has 0 radical (unpaired) electrons. The largest absolute Gasteiger partial charge is 0.480 e. The molecule has 1 heterocycles. The van der Waals surface area contributed by atoms with Crippen molar-refractivity contribution in [3.8, 4) is 0 Å². The van der Waals surface area contributed by atoms with Gasteiger partial charge in [0.05, 0.1) is 5.69 Å². The number of fused-ring (bicyclic) bond motifs is 1. The van der Waals surface area contributed by atoms with Crippen LogP contribution >= 0.6 is 0 Å². The number of nitrogens with one attached hydrogen (secondary N) is 1. The maximum atomic E-state index is 12.8. The average molecular weight is 346 g/mol. The van der Waals surface area contributed by atoms with Gasteiger partial charge in [0.15, 0.2) is 6.04 Å². The Labute approximate surface area is 138 Å². The minimum atomic E-state index is -4.26. The number of urea groups is 1. The summed E-state index contributed by atoms with van der Waals surface area (Å²) in [5.41, 5.74) is 0.759. The highest BCUT2D eigenvalue weighted by atomic mass is 32.2. The summed E-state index contributed by atoms with van der Waals surface area (Å²) < 4.78 is 25.9. The second-order valence-electron chi connectivity index (χ2n) is 5.27. The van der Waals surface area contributed by atoms with Gasteiger partial charge in [0.1, 0.15) is 4.90 Å². The lowest BCUT2D eigenvalue weighted by Gasteiger charge is -2.32. The summed E-state index contributed by atoms with van der Waals surface area (Å²) >= 11 is 0.